The summed E-state index contributed by atoms with van der Waals surface area (Å²) in [5.41, 5.74) is 1.05. The number of hydrogen-bond donors (Lipinski definition) is 0. The predicted octanol–water partition coefficient (Wildman–Crippen LogP) is 2.54. The minimum Gasteiger partial charge on any atom is -0.432 e. The van der Waals surface area contributed by atoms with Crippen molar-refractivity contribution >= 4 is 17.7 Å². The third-order valence-corrected chi connectivity index (χ3v) is 3.14. The molecule has 1 unspecified atom stereocenters. The monoisotopic (exact) mass is 215 g/mol. The first-order valence-corrected chi connectivity index (χ1v) is 5.85. The Balaban J connectivity index is 2.48. The molecule has 0 fully saturated rings. The molecule has 0 aromatic heterocycles. The molecule has 0 N–H and O–H groups in total. The van der Waals surface area contributed by atoms with Crippen molar-refractivity contribution < 1.29 is 9.53 Å². The first-order valence-electron chi connectivity index (χ1n) is 4.91. The van der Waals surface area contributed by atoms with Crippen molar-refractivity contribution in [3.8, 4) is 0 Å². The maximum Gasteiger partial charge on any atom is 0.305 e. The van der Waals surface area contributed by atoms with Gasteiger partial charge in [-0.15, -0.1) is 0 Å². The molecule has 1 heterocycles. The molecule has 1 aliphatic rings. The Morgan fingerprint density at radius 1 is 1.71 bits per heavy atom. The highest BCUT2D eigenvalue weighted by atomic mass is 32.2. The van der Waals surface area contributed by atoms with Crippen LogP contribution in [0.2, 0.25) is 0 Å². The molecule has 0 bridgehead atoms. The average molecular weight is 215 g/mol. The van der Waals surface area contributed by atoms with Gasteiger partial charge in [0, 0.05) is 19.2 Å². The molecule has 80 valence electrons. The highest BCUT2D eigenvalue weighted by Crippen LogP contribution is 2.31. The average Bonchev–Trinajstić information content (AvgIpc) is 2.44. The van der Waals surface area contributed by atoms with E-state index in [1.165, 1.54) is 12.6 Å². The van der Waals surface area contributed by atoms with Crippen molar-refractivity contribution in [1.29, 1.82) is 0 Å². The lowest BCUT2D eigenvalue weighted by molar-refractivity contribution is -0.147. The van der Waals surface area contributed by atoms with Crippen LogP contribution in [0.3, 0.4) is 0 Å². The third-order valence-electron chi connectivity index (χ3n) is 2.08. The summed E-state index contributed by atoms with van der Waals surface area (Å²) in [6, 6.07) is 0. The summed E-state index contributed by atoms with van der Waals surface area (Å²) in [7, 11) is 0. The Morgan fingerprint density at radius 2 is 2.43 bits per heavy atom. The van der Waals surface area contributed by atoms with Crippen LogP contribution < -0.4 is 0 Å². The number of carbonyl (C=O) groups is 1. The highest BCUT2D eigenvalue weighted by Gasteiger charge is 2.25. The third kappa shape index (κ3) is 2.94. The number of hydrogen-bond acceptors (Lipinski definition) is 4. The fourth-order valence-corrected chi connectivity index (χ4v) is 2.37. The second-order valence-electron chi connectivity index (χ2n) is 3.36. The van der Waals surface area contributed by atoms with Gasteiger partial charge in [-0.2, -0.15) is 0 Å². The van der Waals surface area contributed by atoms with E-state index in [2.05, 4.69) is 11.8 Å². The maximum atomic E-state index is 10.8. The van der Waals surface area contributed by atoms with E-state index >= 15 is 0 Å². The SMILES string of the molecule is CCCCN1C(C)=CSC1OC(C)=O. The summed E-state index contributed by atoms with van der Waals surface area (Å²) in [6.45, 7) is 6.62. The molecule has 0 saturated carbocycles. The van der Waals surface area contributed by atoms with Crippen molar-refractivity contribution in [3.63, 3.8) is 0 Å². The molecule has 0 spiro atoms. The Bertz CT molecular complexity index is 240. The van der Waals surface area contributed by atoms with Gasteiger partial charge in [0.2, 0.25) is 5.56 Å². The highest BCUT2D eigenvalue weighted by molar-refractivity contribution is 8.02. The lowest BCUT2D eigenvalue weighted by Gasteiger charge is -2.26. The predicted molar refractivity (Wildman–Crippen MR) is 58.5 cm³/mol. The topological polar surface area (TPSA) is 29.5 Å². The standard InChI is InChI=1S/C10H17NO2S/c1-4-5-6-11-8(2)7-14-10(11)13-9(3)12/h7,10H,4-6H2,1-3H3. The summed E-state index contributed by atoms with van der Waals surface area (Å²) in [4.78, 5) is 13.0. The van der Waals surface area contributed by atoms with Crippen LogP contribution in [-0.2, 0) is 9.53 Å². The van der Waals surface area contributed by atoms with E-state index in [9.17, 15) is 4.79 Å². The van der Waals surface area contributed by atoms with Crippen molar-refractivity contribution in [1.82, 2.24) is 4.90 Å². The minimum atomic E-state index is -0.216. The molecule has 0 saturated heterocycles. The van der Waals surface area contributed by atoms with E-state index in [0.717, 1.165) is 19.4 Å². The number of allylic oxidation sites excluding steroid dienone is 1. The first kappa shape index (κ1) is 11.4. The summed E-state index contributed by atoms with van der Waals surface area (Å²) in [5, 5.41) is 2.04. The van der Waals surface area contributed by atoms with Gasteiger partial charge in [0.15, 0.2) is 0 Å². The van der Waals surface area contributed by atoms with Crippen LogP contribution in [-0.4, -0.2) is 23.0 Å². The van der Waals surface area contributed by atoms with Gasteiger partial charge in [-0.3, -0.25) is 4.79 Å². The number of ether oxygens (including phenoxy) is 1. The molecule has 1 aliphatic heterocycles. The molecule has 0 aromatic rings. The zero-order valence-electron chi connectivity index (χ0n) is 8.95. The molecule has 0 aromatic carbocycles. The van der Waals surface area contributed by atoms with Crippen LogP contribution in [0.25, 0.3) is 0 Å². The van der Waals surface area contributed by atoms with Crippen LogP contribution in [0.5, 0.6) is 0 Å². The van der Waals surface area contributed by atoms with Crippen LogP contribution in [0.15, 0.2) is 11.1 Å². The Kier molecular flexibility index (Phi) is 4.32. The second kappa shape index (κ2) is 5.29. The molecule has 0 radical (unpaired) electrons. The normalized spacial score (nSPS) is 20.9. The van der Waals surface area contributed by atoms with E-state index in [1.54, 1.807) is 11.8 Å². The number of nitrogens with zero attached hydrogens (tertiary/aromatic N) is 1. The number of unbranched alkanes of at least 4 members (excludes halogenated alkanes) is 1. The van der Waals surface area contributed by atoms with E-state index in [1.807, 2.05) is 12.3 Å². The Labute approximate surface area is 89.5 Å². The fourth-order valence-electron chi connectivity index (χ4n) is 1.31. The van der Waals surface area contributed by atoms with E-state index < -0.39 is 0 Å². The second-order valence-corrected chi connectivity index (χ2v) is 4.27. The molecule has 0 aliphatic carbocycles. The van der Waals surface area contributed by atoms with E-state index in [4.69, 9.17) is 4.74 Å². The number of rotatable bonds is 4. The Hall–Kier alpha value is -0.640. The van der Waals surface area contributed by atoms with Gasteiger partial charge in [0.1, 0.15) is 0 Å². The zero-order chi connectivity index (χ0) is 10.6. The zero-order valence-corrected chi connectivity index (χ0v) is 9.76. The Morgan fingerprint density at radius 3 is 3.00 bits per heavy atom. The summed E-state index contributed by atoms with van der Waals surface area (Å²) >= 11 is 1.56. The van der Waals surface area contributed by atoms with Crippen molar-refractivity contribution in [3.05, 3.63) is 11.1 Å². The summed E-state index contributed by atoms with van der Waals surface area (Å²) < 4.78 is 5.19. The molecule has 1 rings (SSSR count). The fraction of sp³-hybridized carbons (Fsp3) is 0.700. The van der Waals surface area contributed by atoms with Gasteiger partial charge in [-0.05, 0) is 18.8 Å². The smallest absolute Gasteiger partial charge is 0.305 e. The van der Waals surface area contributed by atoms with Crippen molar-refractivity contribution in [2.45, 2.75) is 39.2 Å². The van der Waals surface area contributed by atoms with E-state index in [0.29, 0.717) is 0 Å². The summed E-state index contributed by atoms with van der Waals surface area (Å²) in [5.74, 6) is -0.216. The molecule has 3 nitrogen and oxygen atoms in total. The maximum absolute atomic E-state index is 10.8. The number of esters is 1. The van der Waals surface area contributed by atoms with Gasteiger partial charge in [0.25, 0.3) is 0 Å². The number of carbonyl (C=O) groups excluding carboxylic acids is 1. The van der Waals surface area contributed by atoms with Gasteiger partial charge in [-0.25, -0.2) is 0 Å². The van der Waals surface area contributed by atoms with Gasteiger partial charge < -0.3 is 9.64 Å². The van der Waals surface area contributed by atoms with Crippen molar-refractivity contribution in [2.75, 3.05) is 6.54 Å². The molecule has 4 heteroatoms. The molecule has 14 heavy (non-hydrogen) atoms. The van der Waals surface area contributed by atoms with E-state index in [-0.39, 0.29) is 11.5 Å². The van der Waals surface area contributed by atoms with Gasteiger partial charge >= 0.3 is 5.97 Å². The largest absolute Gasteiger partial charge is 0.432 e. The minimum absolute atomic E-state index is 0.140. The molecule has 1 atom stereocenters. The van der Waals surface area contributed by atoms with Gasteiger partial charge in [-0.1, -0.05) is 25.1 Å². The lowest BCUT2D eigenvalue weighted by atomic mass is 10.3. The van der Waals surface area contributed by atoms with Crippen LogP contribution in [0.1, 0.15) is 33.6 Å². The molecular formula is C10H17NO2S. The van der Waals surface area contributed by atoms with Gasteiger partial charge in [0.05, 0.1) is 0 Å². The molecular weight excluding hydrogens is 198 g/mol. The van der Waals surface area contributed by atoms with Crippen molar-refractivity contribution in [2.24, 2.45) is 0 Å². The summed E-state index contributed by atoms with van der Waals surface area (Å²) in [6.07, 6.45) is 2.28. The van der Waals surface area contributed by atoms with Crippen LogP contribution in [0, 0.1) is 0 Å². The van der Waals surface area contributed by atoms with Crippen LogP contribution >= 0.6 is 11.8 Å². The van der Waals surface area contributed by atoms with Crippen LogP contribution in [0.4, 0.5) is 0 Å². The number of thioether (sulfide) groups is 1. The first-order chi connectivity index (χ1) is 6.65. The lowest BCUT2D eigenvalue weighted by Crippen LogP contribution is -2.32. The quantitative estimate of drug-likeness (QED) is 0.674. The molecule has 0 amide bonds.